The summed E-state index contributed by atoms with van der Waals surface area (Å²) in [6, 6.07) is 18.5. The molecule has 19 heavy (non-hydrogen) atoms. The van der Waals surface area contributed by atoms with Gasteiger partial charge < -0.3 is 0 Å². The molecule has 2 nitrogen and oxygen atoms in total. The van der Waals surface area contributed by atoms with E-state index in [1.165, 1.54) is 5.56 Å². The van der Waals surface area contributed by atoms with Crippen molar-refractivity contribution in [2.45, 2.75) is 20.5 Å². The Morgan fingerprint density at radius 3 is 2.58 bits per heavy atom. The highest BCUT2D eigenvalue weighted by atomic mass is 16.6. The Bertz CT molecular complexity index is 546. The molecule has 0 aromatic heterocycles. The van der Waals surface area contributed by atoms with E-state index in [-0.39, 0.29) is 0 Å². The molecule has 0 aliphatic rings. The van der Waals surface area contributed by atoms with Crippen LogP contribution in [0.5, 0.6) is 0 Å². The number of hydrogen-bond acceptors (Lipinski definition) is 2. The van der Waals surface area contributed by atoms with E-state index < -0.39 is 0 Å². The maximum Gasteiger partial charge on any atom is 0.0996 e. The molecule has 98 valence electrons. The molecular weight excluding hydrogens is 234 g/mol. The number of nitrogens with one attached hydrogen (secondary N) is 1. The molecule has 0 unspecified atom stereocenters. The lowest BCUT2D eigenvalue weighted by Gasteiger charge is -2.11. The predicted octanol–water partition coefficient (Wildman–Crippen LogP) is 4.08. The molecule has 0 amide bonds. The van der Waals surface area contributed by atoms with Crippen molar-refractivity contribution >= 4 is 5.70 Å². The molecule has 2 rings (SSSR count). The van der Waals surface area contributed by atoms with Crippen molar-refractivity contribution in [1.82, 2.24) is 5.48 Å². The van der Waals surface area contributed by atoms with Crippen LogP contribution in [0, 0.1) is 6.92 Å². The quantitative estimate of drug-likeness (QED) is 0.811. The zero-order valence-corrected chi connectivity index (χ0v) is 11.4. The second kappa shape index (κ2) is 6.76. The number of rotatable bonds is 5. The van der Waals surface area contributed by atoms with Crippen molar-refractivity contribution in [2.75, 3.05) is 0 Å². The summed E-state index contributed by atoms with van der Waals surface area (Å²) in [4.78, 5) is 5.56. The van der Waals surface area contributed by atoms with Crippen LogP contribution in [0.15, 0.2) is 60.7 Å². The van der Waals surface area contributed by atoms with Crippen LogP contribution in [-0.2, 0) is 11.4 Å². The van der Waals surface area contributed by atoms with E-state index in [1.54, 1.807) is 0 Å². The van der Waals surface area contributed by atoms with Crippen LogP contribution in [0.25, 0.3) is 5.70 Å². The number of hydroxylamine groups is 1. The monoisotopic (exact) mass is 253 g/mol. The molecule has 0 heterocycles. The summed E-state index contributed by atoms with van der Waals surface area (Å²) in [6.45, 7) is 4.62. The van der Waals surface area contributed by atoms with Gasteiger partial charge in [0, 0.05) is 0 Å². The molecule has 2 aromatic rings. The first-order valence-electron chi connectivity index (χ1n) is 6.44. The van der Waals surface area contributed by atoms with E-state index in [1.807, 2.05) is 37.3 Å². The number of benzene rings is 2. The number of allylic oxidation sites excluding steroid dienone is 1. The van der Waals surface area contributed by atoms with Gasteiger partial charge in [-0.25, -0.2) is 0 Å². The maximum atomic E-state index is 5.56. The molecule has 0 aliphatic heterocycles. The topological polar surface area (TPSA) is 21.3 Å². The lowest BCUT2D eigenvalue weighted by atomic mass is 10.1. The zero-order valence-electron chi connectivity index (χ0n) is 11.4. The minimum absolute atomic E-state index is 0.547. The fourth-order valence-electron chi connectivity index (χ4n) is 1.90. The van der Waals surface area contributed by atoms with Crippen molar-refractivity contribution in [3.8, 4) is 0 Å². The van der Waals surface area contributed by atoms with Gasteiger partial charge in [-0.05, 0) is 25.0 Å². The second-order valence-electron chi connectivity index (χ2n) is 4.45. The highest BCUT2D eigenvalue weighted by Gasteiger charge is 1.99. The second-order valence-corrected chi connectivity index (χ2v) is 4.45. The van der Waals surface area contributed by atoms with Crippen LogP contribution in [0.1, 0.15) is 23.6 Å². The van der Waals surface area contributed by atoms with Crippen LogP contribution < -0.4 is 5.48 Å². The molecule has 0 saturated heterocycles. The third-order valence-corrected chi connectivity index (χ3v) is 2.88. The Balaban J connectivity index is 1.91. The average molecular weight is 253 g/mol. The first-order valence-corrected chi connectivity index (χ1v) is 6.44. The average Bonchev–Trinajstić information content (AvgIpc) is 2.45. The van der Waals surface area contributed by atoms with Gasteiger partial charge in [-0.3, -0.25) is 10.3 Å². The molecular formula is C17H19NO. The largest absolute Gasteiger partial charge is 0.271 e. The molecule has 2 aromatic carbocycles. The minimum Gasteiger partial charge on any atom is -0.271 e. The summed E-state index contributed by atoms with van der Waals surface area (Å²) in [5.74, 6) is 0. The molecule has 0 saturated carbocycles. The number of hydrogen-bond donors (Lipinski definition) is 1. The van der Waals surface area contributed by atoms with Gasteiger partial charge in [-0.2, -0.15) is 0 Å². The van der Waals surface area contributed by atoms with E-state index in [2.05, 4.69) is 42.7 Å². The molecule has 0 radical (unpaired) electrons. The lowest BCUT2D eigenvalue weighted by molar-refractivity contribution is 0.0645. The highest BCUT2D eigenvalue weighted by Crippen LogP contribution is 2.11. The number of aryl methyl sites for hydroxylation is 1. The molecule has 1 N–H and O–H groups in total. The molecule has 0 fully saturated rings. The zero-order chi connectivity index (χ0) is 13.5. The van der Waals surface area contributed by atoms with Gasteiger partial charge >= 0.3 is 0 Å². The Kier molecular flexibility index (Phi) is 4.76. The van der Waals surface area contributed by atoms with Gasteiger partial charge in [-0.15, -0.1) is 0 Å². The van der Waals surface area contributed by atoms with Gasteiger partial charge in [0.1, 0.15) is 0 Å². The van der Waals surface area contributed by atoms with Crippen molar-refractivity contribution in [3.05, 3.63) is 77.4 Å². The van der Waals surface area contributed by atoms with Gasteiger partial charge in [0.2, 0.25) is 0 Å². The standard InChI is InChI=1S/C17H19NO/c1-3-17(16-10-5-4-6-11-16)18-19-13-15-9-7-8-14(2)12-15/h3-12,18H,13H2,1-2H3/b17-3+. The maximum absolute atomic E-state index is 5.56. The van der Waals surface area contributed by atoms with Gasteiger partial charge in [0.05, 0.1) is 12.3 Å². The normalized spacial score (nSPS) is 11.4. The van der Waals surface area contributed by atoms with Crippen LogP contribution in [0.2, 0.25) is 0 Å². The summed E-state index contributed by atoms with van der Waals surface area (Å²) in [6.07, 6.45) is 2.01. The van der Waals surface area contributed by atoms with Gasteiger partial charge in [0.15, 0.2) is 0 Å². The van der Waals surface area contributed by atoms with Crippen molar-refractivity contribution in [3.63, 3.8) is 0 Å². The summed E-state index contributed by atoms with van der Waals surface area (Å²) in [5, 5.41) is 0. The smallest absolute Gasteiger partial charge is 0.0996 e. The minimum atomic E-state index is 0.547. The van der Waals surface area contributed by atoms with E-state index in [0.29, 0.717) is 6.61 Å². The van der Waals surface area contributed by atoms with Crippen molar-refractivity contribution < 1.29 is 4.84 Å². The van der Waals surface area contributed by atoms with Gasteiger partial charge in [0.25, 0.3) is 0 Å². The van der Waals surface area contributed by atoms with Crippen molar-refractivity contribution in [2.24, 2.45) is 0 Å². The van der Waals surface area contributed by atoms with Gasteiger partial charge in [-0.1, -0.05) is 66.2 Å². The summed E-state index contributed by atoms with van der Waals surface area (Å²) in [5.41, 5.74) is 7.52. The summed E-state index contributed by atoms with van der Waals surface area (Å²) >= 11 is 0. The summed E-state index contributed by atoms with van der Waals surface area (Å²) in [7, 11) is 0. The summed E-state index contributed by atoms with van der Waals surface area (Å²) < 4.78 is 0. The fourth-order valence-corrected chi connectivity index (χ4v) is 1.90. The van der Waals surface area contributed by atoms with Crippen LogP contribution in [0.3, 0.4) is 0 Å². The van der Waals surface area contributed by atoms with E-state index in [9.17, 15) is 0 Å². The molecule has 0 spiro atoms. The first-order chi connectivity index (χ1) is 9.29. The SMILES string of the molecule is C/C=C(/NOCc1cccc(C)c1)c1ccccc1. The molecule has 2 heteroatoms. The lowest BCUT2D eigenvalue weighted by Crippen LogP contribution is -2.12. The van der Waals surface area contributed by atoms with Crippen LogP contribution in [0.4, 0.5) is 0 Å². The Hall–Kier alpha value is -2.06. The first kappa shape index (κ1) is 13.4. The van der Waals surface area contributed by atoms with Crippen LogP contribution >= 0.6 is 0 Å². The Labute approximate surface area is 114 Å². The fraction of sp³-hybridized carbons (Fsp3) is 0.176. The third-order valence-electron chi connectivity index (χ3n) is 2.88. The Morgan fingerprint density at radius 2 is 1.89 bits per heavy atom. The highest BCUT2D eigenvalue weighted by molar-refractivity contribution is 5.62. The third kappa shape index (κ3) is 3.97. The predicted molar refractivity (Wildman–Crippen MR) is 79.2 cm³/mol. The van der Waals surface area contributed by atoms with E-state index >= 15 is 0 Å². The van der Waals surface area contributed by atoms with Crippen LogP contribution in [-0.4, -0.2) is 0 Å². The van der Waals surface area contributed by atoms with E-state index in [4.69, 9.17) is 4.84 Å². The molecule has 0 aliphatic carbocycles. The van der Waals surface area contributed by atoms with E-state index in [0.717, 1.165) is 16.8 Å². The Morgan fingerprint density at radius 1 is 1.11 bits per heavy atom. The van der Waals surface area contributed by atoms with Crippen molar-refractivity contribution in [1.29, 1.82) is 0 Å². The molecule has 0 bridgehead atoms. The molecule has 0 atom stereocenters.